The standard InChI is InChI=1S/C5H7.Al.2H/c1-3-5-4-2;;;/h1,3-5H,2H3;;;. The van der Waals surface area contributed by atoms with Crippen molar-refractivity contribution in [2.75, 3.05) is 0 Å². The molecule has 0 unspecified atom stereocenters. The minimum Gasteiger partial charge on any atom is -0.154 e. The smallest absolute Gasteiger partial charge is 0.154 e. The highest BCUT2D eigenvalue weighted by atomic mass is 27.0. The van der Waals surface area contributed by atoms with Crippen LogP contribution in [0.3, 0.4) is 0 Å². The largest absolute Gasteiger partial charge is 0.246 e. The molecule has 0 saturated heterocycles. The molecule has 0 aromatic heterocycles. The first kappa shape index (κ1) is 6.01. The maximum atomic E-state index is 2.14. The predicted octanol–water partition coefficient (Wildman–Crippen LogP) is 0.709. The molecule has 0 aromatic rings. The van der Waals surface area contributed by atoms with Gasteiger partial charge in [0, 0.05) is 0 Å². The van der Waals surface area contributed by atoms with E-state index in [1.165, 1.54) is 16.3 Å². The highest BCUT2D eigenvalue weighted by molar-refractivity contribution is 6.17. The van der Waals surface area contributed by atoms with E-state index < -0.39 is 0 Å². The van der Waals surface area contributed by atoms with E-state index in [1.54, 1.807) is 0 Å². The van der Waals surface area contributed by atoms with Crippen molar-refractivity contribution < 1.29 is 0 Å². The molecular weight excluding hydrogens is 87.0 g/mol. The third-order valence-corrected chi connectivity index (χ3v) is 0.881. The summed E-state index contributed by atoms with van der Waals surface area (Å²) in [6.45, 7) is 2.02. The van der Waals surface area contributed by atoms with Gasteiger partial charge in [0.1, 0.15) is 0 Å². The lowest BCUT2D eigenvalue weighted by Crippen LogP contribution is -1.46. The van der Waals surface area contributed by atoms with Crippen molar-refractivity contribution in [3.63, 3.8) is 0 Å². The summed E-state index contributed by atoms with van der Waals surface area (Å²) >= 11 is 1.17. The second-order valence-corrected chi connectivity index (χ2v) is 1.72. The van der Waals surface area contributed by atoms with Crippen LogP contribution >= 0.6 is 0 Å². The molecule has 0 heterocycles. The average molecular weight is 96.1 g/mol. The van der Waals surface area contributed by atoms with Crippen LogP contribution in [0.25, 0.3) is 0 Å². The fraction of sp³-hybridized carbons (Fsp3) is 0.200. The lowest BCUT2D eigenvalue weighted by Gasteiger charge is -1.62. The maximum absolute atomic E-state index is 2.14. The fourth-order valence-corrected chi connectivity index (χ4v) is 0.444. The van der Waals surface area contributed by atoms with E-state index in [0.717, 1.165) is 0 Å². The average Bonchev–Trinajstić information content (AvgIpc) is 1.61. The summed E-state index contributed by atoms with van der Waals surface area (Å²) in [6, 6.07) is 0. The lowest BCUT2D eigenvalue weighted by atomic mass is 10.5. The number of allylic oxidation sites excluding steroid dienone is 3. The summed E-state index contributed by atoms with van der Waals surface area (Å²) in [4.78, 5) is 2.14. The summed E-state index contributed by atoms with van der Waals surface area (Å²) in [7, 11) is 0. The van der Waals surface area contributed by atoms with Crippen molar-refractivity contribution in [2.45, 2.75) is 6.92 Å². The van der Waals surface area contributed by atoms with Gasteiger partial charge in [-0.3, -0.25) is 0 Å². The van der Waals surface area contributed by atoms with Gasteiger partial charge in [0.2, 0.25) is 16.3 Å². The Kier molecular flexibility index (Phi) is 5.02. The Morgan fingerprint density at radius 2 is 2.00 bits per heavy atom. The Bertz CT molecular complexity index is 52.3. The molecule has 0 N–H and O–H groups in total. The van der Waals surface area contributed by atoms with Crippen molar-refractivity contribution in [3.05, 3.63) is 23.2 Å². The SMILES string of the molecule is CC=CC=[CH][AlH2]. The highest BCUT2D eigenvalue weighted by Gasteiger charge is 1.49. The van der Waals surface area contributed by atoms with Crippen molar-refractivity contribution in [1.82, 2.24) is 0 Å². The van der Waals surface area contributed by atoms with E-state index in [1.807, 2.05) is 19.1 Å². The van der Waals surface area contributed by atoms with Gasteiger partial charge in [-0.1, -0.05) is 18.2 Å². The van der Waals surface area contributed by atoms with E-state index in [9.17, 15) is 0 Å². The summed E-state index contributed by atoms with van der Waals surface area (Å²) in [5, 5.41) is 0. The van der Waals surface area contributed by atoms with Crippen LogP contribution in [0.4, 0.5) is 0 Å². The molecule has 1 heteroatoms. The Labute approximate surface area is 47.0 Å². The van der Waals surface area contributed by atoms with Gasteiger partial charge < -0.3 is 0 Å². The molecule has 0 aliphatic rings. The second-order valence-electron chi connectivity index (χ2n) is 1.05. The van der Waals surface area contributed by atoms with Crippen LogP contribution in [0.1, 0.15) is 6.92 Å². The first-order valence-corrected chi connectivity index (χ1v) is 3.31. The molecule has 0 amide bonds. The van der Waals surface area contributed by atoms with E-state index in [-0.39, 0.29) is 0 Å². The molecule has 32 valence electrons. The number of hydrogen-bond acceptors (Lipinski definition) is 0. The zero-order valence-corrected chi connectivity index (χ0v) is 6.31. The normalized spacial score (nSPS) is 11.5. The van der Waals surface area contributed by atoms with Crippen LogP contribution in [0, 0.1) is 0 Å². The minimum atomic E-state index is 1.17. The molecule has 0 bridgehead atoms. The lowest BCUT2D eigenvalue weighted by molar-refractivity contribution is 1.74. The molecule has 0 fully saturated rings. The van der Waals surface area contributed by atoms with E-state index in [2.05, 4.69) is 11.0 Å². The third-order valence-electron chi connectivity index (χ3n) is 0.496. The summed E-state index contributed by atoms with van der Waals surface area (Å²) in [5.74, 6) is 0. The molecule has 0 aromatic carbocycles. The molecule has 0 aliphatic carbocycles. The zero-order chi connectivity index (χ0) is 4.83. The molecule has 0 spiro atoms. The van der Waals surface area contributed by atoms with Crippen LogP contribution in [0.5, 0.6) is 0 Å². The quantitative estimate of drug-likeness (QED) is 0.333. The minimum absolute atomic E-state index is 1.17. The van der Waals surface area contributed by atoms with Gasteiger partial charge in [-0.2, -0.15) is 4.94 Å². The first-order valence-electron chi connectivity index (χ1n) is 2.15. The van der Waals surface area contributed by atoms with Gasteiger partial charge in [-0.25, -0.2) is 0 Å². The van der Waals surface area contributed by atoms with Crippen LogP contribution in [-0.4, -0.2) is 16.3 Å². The summed E-state index contributed by atoms with van der Waals surface area (Å²) in [6.07, 6.45) is 6.12. The van der Waals surface area contributed by atoms with Crippen LogP contribution in [-0.2, 0) is 0 Å². The maximum Gasteiger partial charge on any atom is 0.246 e. The van der Waals surface area contributed by atoms with Crippen LogP contribution < -0.4 is 0 Å². The fourth-order valence-electron chi connectivity index (χ4n) is 0.222. The Hall–Kier alpha value is 0.0125. The Morgan fingerprint density at radius 1 is 1.33 bits per heavy atom. The van der Waals surface area contributed by atoms with Crippen molar-refractivity contribution in [2.24, 2.45) is 0 Å². The Morgan fingerprint density at radius 3 is 2.17 bits per heavy atom. The zero-order valence-electron chi connectivity index (χ0n) is 4.31. The van der Waals surface area contributed by atoms with E-state index in [0.29, 0.717) is 0 Å². The molecule has 0 aliphatic heterocycles. The van der Waals surface area contributed by atoms with Gasteiger partial charge >= 0.3 is 0 Å². The Balaban J connectivity index is 3.07. The van der Waals surface area contributed by atoms with Crippen LogP contribution in [0.15, 0.2) is 23.2 Å². The summed E-state index contributed by atoms with van der Waals surface area (Å²) in [5.41, 5.74) is 0. The van der Waals surface area contributed by atoms with Crippen molar-refractivity contribution in [1.29, 1.82) is 0 Å². The van der Waals surface area contributed by atoms with Crippen molar-refractivity contribution >= 4 is 16.3 Å². The highest BCUT2D eigenvalue weighted by Crippen LogP contribution is 1.68. The van der Waals surface area contributed by atoms with Gasteiger partial charge in [0.15, 0.2) is 0 Å². The van der Waals surface area contributed by atoms with E-state index >= 15 is 0 Å². The topological polar surface area (TPSA) is 0 Å². The molecule has 6 heavy (non-hydrogen) atoms. The predicted molar refractivity (Wildman–Crippen MR) is 32.5 cm³/mol. The van der Waals surface area contributed by atoms with Gasteiger partial charge in [0.25, 0.3) is 0 Å². The molecule has 0 rings (SSSR count). The number of rotatable bonds is 1. The van der Waals surface area contributed by atoms with Gasteiger partial charge in [0.05, 0.1) is 0 Å². The summed E-state index contributed by atoms with van der Waals surface area (Å²) < 4.78 is 0. The molecule has 0 radical (unpaired) electrons. The number of hydrogen-bond donors (Lipinski definition) is 0. The second kappa shape index (κ2) is 5.01. The first-order chi connectivity index (χ1) is 2.91. The van der Waals surface area contributed by atoms with Crippen LogP contribution in [0.2, 0.25) is 0 Å². The van der Waals surface area contributed by atoms with Crippen molar-refractivity contribution in [3.8, 4) is 0 Å². The molecule has 0 atom stereocenters. The van der Waals surface area contributed by atoms with Gasteiger partial charge in [-0.15, -0.1) is 0 Å². The molecule has 0 nitrogen and oxygen atoms in total. The van der Waals surface area contributed by atoms with Gasteiger partial charge in [-0.05, 0) is 6.92 Å². The third kappa shape index (κ3) is 4.01. The molecule has 0 saturated carbocycles. The molecular formula is C5H9Al. The monoisotopic (exact) mass is 96.1 g/mol. The van der Waals surface area contributed by atoms with E-state index in [4.69, 9.17) is 0 Å².